The largest absolute Gasteiger partial charge is 0.444 e. The molecule has 0 aromatic heterocycles. The second-order valence-corrected chi connectivity index (χ2v) is 6.41. The van der Waals surface area contributed by atoms with E-state index in [9.17, 15) is 9.18 Å². The lowest BCUT2D eigenvalue weighted by atomic mass is 10.2. The molecule has 116 valence electrons. The second-order valence-electron chi connectivity index (χ2n) is 6.03. The summed E-state index contributed by atoms with van der Waals surface area (Å²) in [5, 5.41) is 0.128. The minimum Gasteiger partial charge on any atom is -0.444 e. The van der Waals surface area contributed by atoms with Crippen molar-refractivity contribution >= 4 is 23.4 Å². The van der Waals surface area contributed by atoms with E-state index in [1.165, 1.54) is 6.07 Å². The molecule has 6 heteroatoms. The Balaban J connectivity index is 1.97. The molecule has 0 radical (unpaired) electrons. The minimum atomic E-state index is -0.500. The average molecular weight is 315 g/mol. The SMILES string of the molecule is CC(C)(C)OC(=O)N1CCN(c2cccc(F)c2Cl)CC1. The Labute approximate surface area is 129 Å². The third-order valence-electron chi connectivity index (χ3n) is 3.20. The van der Waals surface area contributed by atoms with E-state index in [1.807, 2.05) is 25.7 Å². The summed E-state index contributed by atoms with van der Waals surface area (Å²) < 4.78 is 18.8. The number of carbonyl (C=O) groups excluding carboxylic acids is 1. The molecule has 1 fully saturated rings. The highest BCUT2D eigenvalue weighted by molar-refractivity contribution is 6.33. The van der Waals surface area contributed by atoms with Gasteiger partial charge in [-0.15, -0.1) is 0 Å². The van der Waals surface area contributed by atoms with Crippen molar-refractivity contribution in [2.24, 2.45) is 0 Å². The van der Waals surface area contributed by atoms with Gasteiger partial charge in [0.05, 0.1) is 10.7 Å². The van der Waals surface area contributed by atoms with Crippen LogP contribution in [0.3, 0.4) is 0 Å². The van der Waals surface area contributed by atoms with E-state index >= 15 is 0 Å². The van der Waals surface area contributed by atoms with Gasteiger partial charge < -0.3 is 14.5 Å². The Hall–Kier alpha value is -1.49. The zero-order valence-corrected chi connectivity index (χ0v) is 13.3. The smallest absolute Gasteiger partial charge is 0.410 e. The Bertz CT molecular complexity index is 523. The van der Waals surface area contributed by atoms with Gasteiger partial charge in [-0.05, 0) is 32.9 Å². The van der Waals surface area contributed by atoms with Gasteiger partial charge in [0.2, 0.25) is 0 Å². The highest BCUT2D eigenvalue weighted by Gasteiger charge is 2.26. The summed E-state index contributed by atoms with van der Waals surface area (Å²) in [6.45, 7) is 7.78. The number of anilines is 1. The molecule has 0 bridgehead atoms. The highest BCUT2D eigenvalue weighted by Crippen LogP contribution is 2.29. The van der Waals surface area contributed by atoms with E-state index in [1.54, 1.807) is 17.0 Å². The molecule has 4 nitrogen and oxygen atoms in total. The standard InChI is InChI=1S/C15H20ClFN2O2/c1-15(2,3)21-14(20)19-9-7-18(8-10-19)12-6-4-5-11(17)13(12)16/h4-6H,7-10H2,1-3H3. The molecule has 1 heterocycles. The molecule has 1 aromatic rings. The molecule has 0 N–H and O–H groups in total. The molecule has 21 heavy (non-hydrogen) atoms. The first-order valence-electron chi connectivity index (χ1n) is 6.95. The molecule has 1 amide bonds. The normalized spacial score (nSPS) is 16.0. The summed E-state index contributed by atoms with van der Waals surface area (Å²) in [5.74, 6) is -0.427. The maximum Gasteiger partial charge on any atom is 0.410 e. The third kappa shape index (κ3) is 4.00. The molecule has 1 aliphatic heterocycles. The molecule has 0 unspecified atom stereocenters. The monoisotopic (exact) mass is 314 g/mol. The minimum absolute atomic E-state index is 0.128. The van der Waals surface area contributed by atoms with Gasteiger partial charge in [0.25, 0.3) is 0 Å². The molecule has 0 aliphatic carbocycles. The Morgan fingerprint density at radius 2 is 1.86 bits per heavy atom. The first kappa shape index (κ1) is 15.9. The molecule has 0 saturated carbocycles. The van der Waals surface area contributed by atoms with Crippen LogP contribution in [0, 0.1) is 5.82 Å². The summed E-state index contributed by atoms with van der Waals surface area (Å²) in [6.07, 6.45) is -0.313. The number of ether oxygens (including phenoxy) is 1. The number of halogens is 2. The van der Waals surface area contributed by atoms with Crippen molar-refractivity contribution in [1.29, 1.82) is 0 Å². The third-order valence-corrected chi connectivity index (χ3v) is 3.58. The van der Waals surface area contributed by atoms with Crippen molar-refractivity contribution in [3.63, 3.8) is 0 Å². The van der Waals surface area contributed by atoms with Gasteiger partial charge >= 0.3 is 6.09 Å². The van der Waals surface area contributed by atoms with Crippen molar-refractivity contribution in [3.05, 3.63) is 29.0 Å². The van der Waals surface area contributed by atoms with Crippen LogP contribution in [0.25, 0.3) is 0 Å². The summed E-state index contributed by atoms with van der Waals surface area (Å²) >= 11 is 5.99. The number of hydrogen-bond donors (Lipinski definition) is 0. The van der Waals surface area contributed by atoms with Gasteiger partial charge in [0.15, 0.2) is 0 Å². The lowest BCUT2D eigenvalue weighted by molar-refractivity contribution is 0.0240. The summed E-state index contributed by atoms with van der Waals surface area (Å²) in [7, 11) is 0. The van der Waals surface area contributed by atoms with Crippen LogP contribution >= 0.6 is 11.6 Å². The molecular formula is C15H20ClFN2O2. The van der Waals surface area contributed by atoms with Crippen LogP contribution in [-0.4, -0.2) is 42.8 Å². The fourth-order valence-electron chi connectivity index (χ4n) is 2.19. The fraction of sp³-hybridized carbons (Fsp3) is 0.533. The highest BCUT2D eigenvalue weighted by atomic mass is 35.5. The molecule has 0 atom stereocenters. The van der Waals surface area contributed by atoms with Crippen LogP contribution in [0.2, 0.25) is 5.02 Å². The van der Waals surface area contributed by atoms with E-state index in [2.05, 4.69) is 0 Å². The molecule has 2 rings (SSSR count). The Morgan fingerprint density at radius 1 is 1.24 bits per heavy atom. The average Bonchev–Trinajstić information content (AvgIpc) is 2.40. The van der Waals surface area contributed by atoms with Crippen molar-refractivity contribution in [2.75, 3.05) is 31.1 Å². The number of carbonyl (C=O) groups is 1. The molecule has 1 saturated heterocycles. The van der Waals surface area contributed by atoms with Crippen LogP contribution < -0.4 is 4.90 Å². The first-order chi connectivity index (χ1) is 9.78. The summed E-state index contributed by atoms with van der Waals surface area (Å²) in [4.78, 5) is 15.6. The van der Waals surface area contributed by atoms with Crippen LogP contribution in [0.1, 0.15) is 20.8 Å². The number of benzene rings is 1. The number of rotatable bonds is 1. The van der Waals surface area contributed by atoms with Gasteiger partial charge in [-0.2, -0.15) is 0 Å². The quantitative estimate of drug-likeness (QED) is 0.795. The topological polar surface area (TPSA) is 32.8 Å². The Kier molecular flexibility index (Phi) is 4.61. The molecular weight excluding hydrogens is 295 g/mol. The Morgan fingerprint density at radius 3 is 2.43 bits per heavy atom. The van der Waals surface area contributed by atoms with Gasteiger partial charge in [-0.3, -0.25) is 0 Å². The van der Waals surface area contributed by atoms with Crippen molar-refractivity contribution < 1.29 is 13.9 Å². The number of hydrogen-bond acceptors (Lipinski definition) is 3. The van der Waals surface area contributed by atoms with Crippen molar-refractivity contribution in [2.45, 2.75) is 26.4 Å². The first-order valence-corrected chi connectivity index (χ1v) is 7.32. The molecule has 1 aliphatic rings. The van der Waals surface area contributed by atoms with Crippen LogP contribution in [0.4, 0.5) is 14.9 Å². The molecule has 0 spiro atoms. The van der Waals surface area contributed by atoms with E-state index in [0.717, 1.165) is 0 Å². The predicted molar refractivity (Wildman–Crippen MR) is 81.4 cm³/mol. The summed E-state index contributed by atoms with van der Waals surface area (Å²) in [6, 6.07) is 4.76. The van der Waals surface area contributed by atoms with Crippen molar-refractivity contribution in [3.8, 4) is 0 Å². The van der Waals surface area contributed by atoms with Gasteiger partial charge in [0, 0.05) is 26.2 Å². The maximum absolute atomic E-state index is 13.5. The fourth-order valence-corrected chi connectivity index (χ4v) is 2.44. The van der Waals surface area contributed by atoms with E-state index in [-0.39, 0.29) is 11.1 Å². The zero-order chi connectivity index (χ0) is 15.6. The van der Waals surface area contributed by atoms with Crippen LogP contribution in [0.5, 0.6) is 0 Å². The van der Waals surface area contributed by atoms with E-state index in [0.29, 0.717) is 31.9 Å². The lowest BCUT2D eigenvalue weighted by Gasteiger charge is -2.37. The van der Waals surface area contributed by atoms with Crippen LogP contribution in [0.15, 0.2) is 18.2 Å². The number of nitrogens with zero attached hydrogens (tertiary/aromatic N) is 2. The van der Waals surface area contributed by atoms with E-state index < -0.39 is 11.4 Å². The predicted octanol–water partition coefficient (Wildman–Crippen LogP) is 3.54. The van der Waals surface area contributed by atoms with Gasteiger partial charge in [-0.1, -0.05) is 17.7 Å². The second kappa shape index (κ2) is 6.10. The van der Waals surface area contributed by atoms with Gasteiger partial charge in [-0.25, -0.2) is 9.18 Å². The summed E-state index contributed by atoms with van der Waals surface area (Å²) in [5.41, 5.74) is 0.167. The molecule has 1 aromatic carbocycles. The van der Waals surface area contributed by atoms with Crippen LogP contribution in [-0.2, 0) is 4.74 Å². The number of piperazine rings is 1. The number of amides is 1. The maximum atomic E-state index is 13.5. The van der Waals surface area contributed by atoms with Gasteiger partial charge in [0.1, 0.15) is 11.4 Å². The zero-order valence-electron chi connectivity index (χ0n) is 12.5. The lowest BCUT2D eigenvalue weighted by Crippen LogP contribution is -2.50. The van der Waals surface area contributed by atoms with E-state index in [4.69, 9.17) is 16.3 Å². The van der Waals surface area contributed by atoms with Crippen molar-refractivity contribution in [1.82, 2.24) is 4.90 Å².